The summed E-state index contributed by atoms with van der Waals surface area (Å²) < 4.78 is 39.1. The molecule has 4 fully saturated rings. The van der Waals surface area contributed by atoms with E-state index in [1.165, 1.54) is 4.57 Å². The molecule has 62 heavy (non-hydrogen) atoms. The molecule has 0 spiro atoms. The average Bonchev–Trinajstić information content (AvgIpc) is 4.07. The van der Waals surface area contributed by atoms with Crippen molar-refractivity contribution in [3.8, 4) is 5.75 Å². The van der Waals surface area contributed by atoms with Crippen molar-refractivity contribution in [3.63, 3.8) is 0 Å². The van der Waals surface area contributed by atoms with Crippen molar-refractivity contribution in [2.75, 3.05) is 66.3 Å². The summed E-state index contributed by atoms with van der Waals surface area (Å²) >= 11 is 6.67. The van der Waals surface area contributed by atoms with E-state index in [1.54, 1.807) is 19.3 Å². The predicted octanol–water partition coefficient (Wildman–Crippen LogP) is 5.52. The van der Waals surface area contributed by atoms with Crippen molar-refractivity contribution in [2.45, 2.75) is 56.4 Å². The number of amides is 3. The number of pyridine rings is 2. The van der Waals surface area contributed by atoms with E-state index >= 15 is 8.78 Å². The third kappa shape index (κ3) is 7.13. The Kier molecular flexibility index (Phi) is 9.99. The van der Waals surface area contributed by atoms with Crippen LogP contribution in [-0.2, 0) is 28.5 Å². The highest BCUT2D eigenvalue weighted by Gasteiger charge is 2.51. The standard InChI is InChI=1S/C44H47ClF2N10O5/c1-53-32-10-8-26(20-29(32)37-39(43(53)61)62-23-44(46,47)40(51-37)24-6-7-24)49-31-21-34(48-22-30(31)45)56-14-12-25(13-15-56)42(60)57-18-16-55(17-19-57)33-5-3-4-27-36(52-54(2)38(27)33)28-9-11-35(58)50-41(28)59/h3-5,8,10,20-22,24-25,28,40,51H,6-7,9,11-19,23H2,1-2H3,(H,48,49)(H,50,58,59). The van der Waals surface area contributed by atoms with Crippen molar-refractivity contribution in [1.82, 2.24) is 29.5 Å². The average molecular weight is 869 g/mol. The highest BCUT2D eigenvalue weighted by molar-refractivity contribution is 6.33. The summed E-state index contributed by atoms with van der Waals surface area (Å²) in [6.07, 6.45) is 5.04. The number of hydrogen-bond acceptors (Lipinski definition) is 11. The van der Waals surface area contributed by atoms with E-state index in [0.717, 1.165) is 16.6 Å². The van der Waals surface area contributed by atoms with Crippen LogP contribution < -0.4 is 36.0 Å². The first-order valence-corrected chi connectivity index (χ1v) is 21.7. The van der Waals surface area contributed by atoms with Gasteiger partial charge in [-0.1, -0.05) is 23.7 Å². The molecule has 2 atom stereocenters. The molecule has 1 aliphatic carbocycles. The number of fused-ring (bicyclic) bond motifs is 4. The molecule has 1 saturated carbocycles. The monoisotopic (exact) mass is 868 g/mol. The van der Waals surface area contributed by atoms with E-state index in [2.05, 4.69) is 36.8 Å². The van der Waals surface area contributed by atoms with Crippen LogP contribution in [0.2, 0.25) is 5.02 Å². The molecule has 5 aliphatic rings. The first-order valence-electron chi connectivity index (χ1n) is 21.3. The summed E-state index contributed by atoms with van der Waals surface area (Å²) in [5.74, 6) is -3.74. The number of carbonyl (C=O) groups is 3. The fourth-order valence-corrected chi connectivity index (χ4v) is 9.88. The Balaban J connectivity index is 0.791. The third-order valence-electron chi connectivity index (χ3n) is 13.3. The summed E-state index contributed by atoms with van der Waals surface area (Å²) in [4.78, 5) is 62.6. The van der Waals surface area contributed by atoms with Gasteiger partial charge >= 0.3 is 5.92 Å². The molecular formula is C44H47ClF2N10O5. The molecule has 0 radical (unpaired) electrons. The fourth-order valence-electron chi connectivity index (χ4n) is 9.73. The summed E-state index contributed by atoms with van der Waals surface area (Å²) in [6.45, 7) is 2.90. The van der Waals surface area contributed by atoms with Crippen LogP contribution >= 0.6 is 11.6 Å². The summed E-state index contributed by atoms with van der Waals surface area (Å²) in [6, 6.07) is 12.1. The first kappa shape index (κ1) is 40.1. The van der Waals surface area contributed by atoms with Gasteiger partial charge in [0.15, 0.2) is 6.61 Å². The number of aromatic nitrogens is 4. The van der Waals surface area contributed by atoms with Crippen LogP contribution in [0.25, 0.3) is 21.8 Å². The van der Waals surface area contributed by atoms with Gasteiger partial charge in [-0.05, 0) is 62.3 Å². The quantitative estimate of drug-likeness (QED) is 0.177. The lowest BCUT2D eigenvalue weighted by atomic mass is 9.92. The van der Waals surface area contributed by atoms with E-state index < -0.39 is 30.0 Å². The normalized spacial score (nSPS) is 21.9. The molecule has 18 heteroatoms. The number of piperazine rings is 1. The number of imide groups is 1. The Morgan fingerprint density at radius 2 is 1.71 bits per heavy atom. The zero-order valence-corrected chi connectivity index (χ0v) is 35.2. The van der Waals surface area contributed by atoms with Gasteiger partial charge in [-0.15, -0.1) is 0 Å². The number of hydrogen-bond donors (Lipinski definition) is 3. The molecule has 4 aliphatic heterocycles. The SMILES string of the molecule is Cn1nc(C2CCC(=O)NC2=O)c2cccc(N3CCN(C(=O)C4CCN(c5cc(Nc6ccc7c(c6)c6c(c(=O)n7C)OCC(F)(F)C(C7CC7)N6)c(Cl)cn5)CC4)CC3)c21. The molecule has 0 bridgehead atoms. The molecular weight excluding hydrogens is 822 g/mol. The maximum atomic E-state index is 15.2. The Hall–Kier alpha value is -5.97. The smallest absolute Gasteiger partial charge is 0.301 e. The summed E-state index contributed by atoms with van der Waals surface area (Å²) in [5, 5.41) is 15.5. The van der Waals surface area contributed by atoms with Gasteiger partial charge in [0, 0.05) is 88.2 Å². The number of aryl methyl sites for hydroxylation is 2. The number of alkyl halides is 2. The van der Waals surface area contributed by atoms with Crippen LogP contribution in [0.3, 0.4) is 0 Å². The maximum absolute atomic E-state index is 15.2. The number of anilines is 5. The van der Waals surface area contributed by atoms with Gasteiger partial charge in [-0.25, -0.2) is 13.8 Å². The van der Waals surface area contributed by atoms with Crippen molar-refractivity contribution in [1.29, 1.82) is 0 Å². The highest BCUT2D eigenvalue weighted by atomic mass is 35.5. The minimum atomic E-state index is -3.14. The molecule has 3 aromatic heterocycles. The van der Waals surface area contributed by atoms with E-state index in [0.29, 0.717) is 110 Å². The minimum absolute atomic E-state index is 0.111. The second-order valence-electron chi connectivity index (χ2n) is 17.2. The van der Waals surface area contributed by atoms with E-state index in [1.807, 2.05) is 47.0 Å². The molecule has 324 valence electrons. The molecule has 3 amide bonds. The second-order valence-corrected chi connectivity index (χ2v) is 17.6. The van der Waals surface area contributed by atoms with Gasteiger partial charge in [0.25, 0.3) is 5.56 Å². The zero-order valence-electron chi connectivity index (χ0n) is 34.4. The molecule has 15 nitrogen and oxygen atoms in total. The van der Waals surface area contributed by atoms with Gasteiger partial charge in [0.2, 0.25) is 23.5 Å². The maximum Gasteiger partial charge on any atom is 0.301 e. The van der Waals surface area contributed by atoms with Crippen LogP contribution in [0.4, 0.5) is 37.3 Å². The Labute approximate surface area is 360 Å². The van der Waals surface area contributed by atoms with Crippen LogP contribution in [-0.4, -0.2) is 99.8 Å². The topological polar surface area (TPSA) is 159 Å². The number of rotatable bonds is 7. The summed E-state index contributed by atoms with van der Waals surface area (Å²) in [5.41, 5.74) is 4.20. The number of benzene rings is 2. The number of nitrogens with one attached hydrogen (secondary N) is 3. The molecule has 2 unspecified atom stereocenters. The third-order valence-corrected chi connectivity index (χ3v) is 13.6. The van der Waals surface area contributed by atoms with Crippen LogP contribution in [0.5, 0.6) is 5.75 Å². The number of carbonyl (C=O) groups excluding carboxylic acids is 3. The number of halogens is 3. The van der Waals surface area contributed by atoms with Crippen LogP contribution in [0, 0.1) is 11.8 Å². The molecule has 2 aromatic carbocycles. The van der Waals surface area contributed by atoms with Gasteiger partial charge in [0.05, 0.1) is 57.0 Å². The fraction of sp³-hybridized carbons (Fsp3) is 0.455. The van der Waals surface area contributed by atoms with Crippen LogP contribution in [0.1, 0.15) is 50.1 Å². The van der Waals surface area contributed by atoms with Gasteiger partial charge in [-0.2, -0.15) is 5.10 Å². The van der Waals surface area contributed by atoms with Crippen LogP contribution in [0.15, 0.2) is 53.5 Å². The second kappa shape index (κ2) is 15.4. The minimum Gasteiger partial charge on any atom is -0.480 e. The van der Waals surface area contributed by atoms with Crippen molar-refractivity contribution >= 4 is 79.7 Å². The van der Waals surface area contributed by atoms with Gasteiger partial charge in [-0.3, -0.25) is 29.2 Å². The lowest BCUT2D eigenvalue weighted by Gasteiger charge is -2.39. The highest BCUT2D eigenvalue weighted by Crippen LogP contribution is 2.46. The Bertz CT molecular complexity index is 2700. The van der Waals surface area contributed by atoms with Crippen molar-refractivity contribution < 1.29 is 27.9 Å². The first-order chi connectivity index (χ1) is 29.8. The Morgan fingerprint density at radius 3 is 2.45 bits per heavy atom. The summed E-state index contributed by atoms with van der Waals surface area (Å²) in [7, 11) is 3.47. The number of nitrogens with zero attached hydrogens (tertiary/aromatic N) is 7. The Morgan fingerprint density at radius 1 is 0.935 bits per heavy atom. The van der Waals surface area contributed by atoms with Crippen molar-refractivity contribution in [3.05, 3.63) is 69.7 Å². The number of para-hydroxylation sites is 1. The zero-order chi connectivity index (χ0) is 43.0. The molecule has 3 saturated heterocycles. The lowest BCUT2D eigenvalue weighted by molar-refractivity contribution is -0.137. The molecule has 3 N–H and O–H groups in total. The van der Waals surface area contributed by atoms with E-state index in [-0.39, 0.29) is 47.4 Å². The molecule has 5 aromatic rings. The van der Waals surface area contributed by atoms with Gasteiger partial charge < -0.3 is 34.6 Å². The van der Waals surface area contributed by atoms with Crippen molar-refractivity contribution in [2.24, 2.45) is 25.9 Å². The van der Waals surface area contributed by atoms with Gasteiger partial charge in [0.1, 0.15) is 5.82 Å². The number of piperidine rings is 2. The lowest BCUT2D eigenvalue weighted by Crippen LogP contribution is -2.51. The largest absolute Gasteiger partial charge is 0.480 e. The van der Waals surface area contributed by atoms with E-state index in [4.69, 9.17) is 21.4 Å². The van der Waals surface area contributed by atoms with E-state index in [9.17, 15) is 19.2 Å². The molecule has 10 rings (SSSR count). The number of ether oxygens (including phenoxy) is 1. The molecule has 7 heterocycles. The predicted molar refractivity (Wildman–Crippen MR) is 232 cm³/mol.